The second-order valence-corrected chi connectivity index (χ2v) is 4.42. The van der Waals surface area contributed by atoms with Gasteiger partial charge in [-0.15, -0.1) is 16.4 Å². The Kier molecular flexibility index (Phi) is 5.19. The van der Waals surface area contributed by atoms with Crippen molar-refractivity contribution in [1.82, 2.24) is 10.6 Å². The maximum absolute atomic E-state index is 10.9. The second kappa shape index (κ2) is 6.65. The lowest BCUT2D eigenvalue weighted by Crippen LogP contribution is -2.41. The number of rotatable bonds is 2. The molecule has 0 aromatic carbocycles. The van der Waals surface area contributed by atoms with Crippen LogP contribution in [0.2, 0.25) is 0 Å². The summed E-state index contributed by atoms with van der Waals surface area (Å²) in [5.74, 6) is -0.635. The zero-order valence-corrected chi connectivity index (χ0v) is 11.2. The zero-order valence-electron chi connectivity index (χ0n) is 10.4. The molecule has 0 aliphatic rings. The van der Waals surface area contributed by atoms with Gasteiger partial charge in [0.2, 0.25) is 17.8 Å². The van der Waals surface area contributed by atoms with Gasteiger partial charge in [0.15, 0.2) is 0 Å². The fourth-order valence-electron chi connectivity index (χ4n) is 1.07. The molecular weight excluding hydrogens is 252 g/mol. The molecule has 0 saturated heterocycles. The van der Waals surface area contributed by atoms with Crippen LogP contribution in [0.25, 0.3) is 0 Å². The molecule has 6 nitrogen and oxygen atoms in total. The molecule has 96 valence electrons. The Morgan fingerprint density at radius 3 is 2.17 bits per heavy atom. The van der Waals surface area contributed by atoms with E-state index in [1.807, 2.05) is 17.5 Å². The lowest BCUT2D eigenvalue weighted by Gasteiger charge is -2.04. The Morgan fingerprint density at radius 2 is 1.72 bits per heavy atom. The van der Waals surface area contributed by atoms with E-state index in [1.165, 1.54) is 25.2 Å². The van der Waals surface area contributed by atoms with E-state index in [2.05, 4.69) is 20.8 Å². The summed E-state index contributed by atoms with van der Waals surface area (Å²) in [6, 6.07) is 3.82. The standard InChI is InChI=1S/C11H14N4O2S/c1-7(10-5-4-6-18-10)14-15-11(12-8(2)16)13-9(3)17/h4-6H,1-3H3,(H2,12,13,15,16,17). The summed E-state index contributed by atoms with van der Waals surface area (Å²) in [7, 11) is 0. The number of guanidine groups is 1. The molecule has 0 bridgehead atoms. The highest BCUT2D eigenvalue weighted by molar-refractivity contribution is 7.12. The van der Waals surface area contributed by atoms with Gasteiger partial charge in [0, 0.05) is 13.8 Å². The molecule has 18 heavy (non-hydrogen) atoms. The van der Waals surface area contributed by atoms with Crippen LogP contribution in [0.4, 0.5) is 0 Å². The topological polar surface area (TPSA) is 82.9 Å². The minimum Gasteiger partial charge on any atom is -0.295 e. The first-order valence-corrected chi connectivity index (χ1v) is 6.08. The third-order valence-corrected chi connectivity index (χ3v) is 2.75. The molecule has 1 heterocycles. The van der Waals surface area contributed by atoms with Gasteiger partial charge in [-0.1, -0.05) is 6.07 Å². The average Bonchev–Trinajstić information content (AvgIpc) is 2.77. The number of nitrogens with one attached hydrogen (secondary N) is 2. The zero-order chi connectivity index (χ0) is 13.5. The minimum atomic E-state index is -0.327. The summed E-state index contributed by atoms with van der Waals surface area (Å²) in [6.07, 6.45) is 0. The van der Waals surface area contributed by atoms with Crippen molar-refractivity contribution in [3.8, 4) is 0 Å². The van der Waals surface area contributed by atoms with Crippen LogP contribution in [-0.4, -0.2) is 23.5 Å². The van der Waals surface area contributed by atoms with E-state index in [1.54, 1.807) is 6.92 Å². The maximum atomic E-state index is 10.9. The van der Waals surface area contributed by atoms with Crippen LogP contribution in [0.3, 0.4) is 0 Å². The van der Waals surface area contributed by atoms with E-state index >= 15 is 0 Å². The number of thiophene rings is 1. The molecule has 0 unspecified atom stereocenters. The minimum absolute atomic E-state index is 0.0194. The van der Waals surface area contributed by atoms with Crippen molar-refractivity contribution in [1.29, 1.82) is 0 Å². The van der Waals surface area contributed by atoms with Gasteiger partial charge in [-0.25, -0.2) is 0 Å². The number of hydrogen-bond acceptors (Lipinski definition) is 5. The lowest BCUT2D eigenvalue weighted by atomic mass is 10.3. The number of hydrogen-bond donors (Lipinski definition) is 2. The molecule has 0 spiro atoms. The third-order valence-electron chi connectivity index (χ3n) is 1.77. The van der Waals surface area contributed by atoms with Crippen molar-refractivity contribution in [2.24, 2.45) is 10.2 Å². The number of carbonyl (C=O) groups is 2. The first-order chi connectivity index (χ1) is 8.49. The summed E-state index contributed by atoms with van der Waals surface area (Å²) >= 11 is 1.54. The van der Waals surface area contributed by atoms with Crippen molar-refractivity contribution < 1.29 is 9.59 Å². The molecule has 0 saturated carbocycles. The monoisotopic (exact) mass is 266 g/mol. The quantitative estimate of drug-likeness (QED) is 0.477. The molecule has 0 atom stereocenters. The Labute approximate surface area is 109 Å². The fraction of sp³-hybridized carbons (Fsp3) is 0.273. The molecule has 1 aromatic heterocycles. The molecule has 2 amide bonds. The highest BCUT2D eigenvalue weighted by atomic mass is 32.1. The van der Waals surface area contributed by atoms with Crippen LogP contribution in [0.1, 0.15) is 25.6 Å². The number of carbonyl (C=O) groups excluding carboxylic acids is 2. The molecule has 2 N–H and O–H groups in total. The Morgan fingerprint density at radius 1 is 1.11 bits per heavy atom. The molecular formula is C11H14N4O2S. The van der Waals surface area contributed by atoms with Crippen molar-refractivity contribution in [3.63, 3.8) is 0 Å². The van der Waals surface area contributed by atoms with E-state index in [9.17, 15) is 9.59 Å². The predicted molar refractivity (Wildman–Crippen MR) is 71.6 cm³/mol. The molecule has 0 radical (unpaired) electrons. The summed E-state index contributed by atoms with van der Waals surface area (Å²) in [5.41, 5.74) is 0.707. The van der Waals surface area contributed by atoms with E-state index < -0.39 is 0 Å². The third kappa shape index (κ3) is 4.88. The summed E-state index contributed by atoms with van der Waals surface area (Å²) in [6.45, 7) is 4.45. The van der Waals surface area contributed by atoms with Crippen LogP contribution in [0.5, 0.6) is 0 Å². The summed E-state index contributed by atoms with van der Waals surface area (Å²) < 4.78 is 0. The Balaban J connectivity index is 2.84. The van der Waals surface area contributed by atoms with Gasteiger partial charge in [0.25, 0.3) is 0 Å². The number of amides is 2. The normalized spacial score (nSPS) is 10.7. The van der Waals surface area contributed by atoms with Gasteiger partial charge in [-0.2, -0.15) is 5.10 Å². The van der Waals surface area contributed by atoms with E-state index in [4.69, 9.17) is 0 Å². The Hall–Kier alpha value is -2.02. The van der Waals surface area contributed by atoms with Gasteiger partial charge in [-0.3, -0.25) is 20.2 Å². The second-order valence-electron chi connectivity index (χ2n) is 3.47. The maximum Gasteiger partial charge on any atom is 0.229 e. The SMILES string of the molecule is CC(=O)NC(=NN=C(C)c1cccs1)NC(C)=O. The fourth-order valence-corrected chi connectivity index (χ4v) is 1.75. The molecule has 0 fully saturated rings. The van der Waals surface area contributed by atoms with Gasteiger partial charge in [0.05, 0.1) is 10.6 Å². The van der Waals surface area contributed by atoms with Gasteiger partial charge >= 0.3 is 0 Å². The van der Waals surface area contributed by atoms with Crippen LogP contribution < -0.4 is 10.6 Å². The van der Waals surface area contributed by atoms with Crippen molar-refractivity contribution in [2.45, 2.75) is 20.8 Å². The van der Waals surface area contributed by atoms with E-state index in [0.29, 0.717) is 5.71 Å². The highest BCUT2D eigenvalue weighted by Crippen LogP contribution is 2.09. The van der Waals surface area contributed by atoms with Gasteiger partial charge in [-0.05, 0) is 18.4 Å². The van der Waals surface area contributed by atoms with Crippen LogP contribution >= 0.6 is 11.3 Å². The smallest absolute Gasteiger partial charge is 0.229 e. The molecule has 0 aliphatic heterocycles. The van der Waals surface area contributed by atoms with Crippen LogP contribution in [-0.2, 0) is 9.59 Å². The first kappa shape index (κ1) is 14.0. The van der Waals surface area contributed by atoms with E-state index in [0.717, 1.165) is 4.88 Å². The van der Waals surface area contributed by atoms with Crippen LogP contribution in [0, 0.1) is 0 Å². The predicted octanol–water partition coefficient (Wildman–Crippen LogP) is 1.10. The number of nitrogens with zero attached hydrogens (tertiary/aromatic N) is 2. The van der Waals surface area contributed by atoms with Crippen molar-refractivity contribution >= 4 is 34.8 Å². The van der Waals surface area contributed by atoms with Gasteiger partial charge < -0.3 is 0 Å². The molecule has 1 rings (SSSR count). The highest BCUT2D eigenvalue weighted by Gasteiger charge is 2.04. The van der Waals surface area contributed by atoms with Crippen molar-refractivity contribution in [2.75, 3.05) is 0 Å². The molecule has 1 aromatic rings. The van der Waals surface area contributed by atoms with Gasteiger partial charge in [0.1, 0.15) is 0 Å². The average molecular weight is 266 g/mol. The lowest BCUT2D eigenvalue weighted by molar-refractivity contribution is -0.117. The van der Waals surface area contributed by atoms with E-state index in [-0.39, 0.29) is 17.8 Å². The summed E-state index contributed by atoms with van der Waals surface area (Å²) in [4.78, 5) is 22.8. The Bertz CT molecular complexity index is 473. The van der Waals surface area contributed by atoms with Crippen LogP contribution in [0.15, 0.2) is 27.7 Å². The summed E-state index contributed by atoms with van der Waals surface area (Å²) in [5, 5.41) is 14.5. The largest absolute Gasteiger partial charge is 0.295 e. The first-order valence-electron chi connectivity index (χ1n) is 5.20. The molecule has 0 aliphatic carbocycles. The molecule has 7 heteroatoms. The van der Waals surface area contributed by atoms with Crippen molar-refractivity contribution in [3.05, 3.63) is 22.4 Å².